The fraction of sp³-hybridized carbons (Fsp3) is 0.292. The zero-order valence-electron chi connectivity index (χ0n) is 18.2. The van der Waals surface area contributed by atoms with E-state index >= 15 is 0 Å². The van der Waals surface area contributed by atoms with Crippen LogP contribution in [0.3, 0.4) is 0 Å². The Bertz CT molecular complexity index is 1210. The van der Waals surface area contributed by atoms with Gasteiger partial charge in [-0.3, -0.25) is 14.3 Å². The van der Waals surface area contributed by atoms with Crippen LogP contribution in [0.15, 0.2) is 58.5 Å². The van der Waals surface area contributed by atoms with E-state index in [2.05, 4.69) is 20.0 Å². The van der Waals surface area contributed by atoms with E-state index in [-0.39, 0.29) is 17.3 Å². The molecule has 1 N–H and O–H groups in total. The van der Waals surface area contributed by atoms with Crippen molar-refractivity contribution in [2.24, 2.45) is 0 Å². The molecule has 0 bridgehead atoms. The number of rotatable bonds is 7. The lowest BCUT2D eigenvalue weighted by molar-refractivity contribution is -0.113. The molecule has 2 aromatic heterocycles. The standard InChI is InChI=1S/C24H24N4O4S/c1-32-23(30)16-9-11-17(12-10-16)26-21(29)15-33-22-19-7-2-3-8-20(19)28(24(31)27-22)14-18-6-4-5-13-25-18/h4-6,9-13H,2-3,7-8,14-15H2,1H3,(H,26,29). The predicted octanol–water partition coefficient (Wildman–Crippen LogP) is 3.08. The molecule has 0 spiro atoms. The van der Waals surface area contributed by atoms with Crippen LogP contribution in [0, 0.1) is 0 Å². The third-order valence-electron chi connectivity index (χ3n) is 5.43. The summed E-state index contributed by atoms with van der Waals surface area (Å²) in [5.74, 6) is -0.520. The van der Waals surface area contributed by atoms with E-state index in [1.807, 2.05) is 18.2 Å². The molecule has 0 atom stereocenters. The summed E-state index contributed by atoms with van der Waals surface area (Å²) in [5, 5.41) is 3.43. The molecule has 0 fully saturated rings. The molecule has 8 nitrogen and oxygen atoms in total. The second-order valence-electron chi connectivity index (χ2n) is 7.64. The van der Waals surface area contributed by atoms with Gasteiger partial charge in [0.1, 0.15) is 5.03 Å². The van der Waals surface area contributed by atoms with Crippen LogP contribution in [0.5, 0.6) is 0 Å². The molecule has 1 aliphatic carbocycles. The number of methoxy groups -OCH3 is 1. The summed E-state index contributed by atoms with van der Waals surface area (Å²) in [6.07, 6.45) is 5.41. The summed E-state index contributed by atoms with van der Waals surface area (Å²) in [7, 11) is 1.32. The Hall–Kier alpha value is -3.46. The quantitative estimate of drug-likeness (QED) is 0.326. The van der Waals surface area contributed by atoms with Crippen LogP contribution < -0.4 is 11.0 Å². The SMILES string of the molecule is COC(=O)c1ccc(NC(=O)CSc2nc(=O)n(Cc3ccccn3)c3c2CCCC3)cc1. The molecule has 0 unspecified atom stereocenters. The fourth-order valence-corrected chi connectivity index (χ4v) is 4.70. The highest BCUT2D eigenvalue weighted by Gasteiger charge is 2.21. The second kappa shape index (κ2) is 10.4. The Labute approximate surface area is 195 Å². The highest BCUT2D eigenvalue weighted by molar-refractivity contribution is 8.00. The number of ether oxygens (including phenoxy) is 1. The summed E-state index contributed by atoms with van der Waals surface area (Å²) < 4.78 is 6.39. The number of hydrogen-bond acceptors (Lipinski definition) is 7. The zero-order valence-corrected chi connectivity index (χ0v) is 19.1. The van der Waals surface area contributed by atoms with Gasteiger partial charge in [-0.05, 0) is 62.1 Å². The molecule has 0 saturated heterocycles. The van der Waals surface area contributed by atoms with Crippen molar-refractivity contribution in [3.05, 3.63) is 81.7 Å². The summed E-state index contributed by atoms with van der Waals surface area (Å²) in [6.45, 7) is 0.391. The molecule has 1 aliphatic rings. The molecule has 33 heavy (non-hydrogen) atoms. The van der Waals surface area contributed by atoms with E-state index in [0.29, 0.717) is 22.8 Å². The lowest BCUT2D eigenvalue weighted by Gasteiger charge is -2.22. The number of thioether (sulfide) groups is 1. The average Bonchev–Trinajstić information content (AvgIpc) is 2.85. The lowest BCUT2D eigenvalue weighted by atomic mass is 9.97. The molecular formula is C24H24N4O4S. The highest BCUT2D eigenvalue weighted by Crippen LogP contribution is 2.28. The van der Waals surface area contributed by atoms with Crippen molar-refractivity contribution in [2.75, 3.05) is 18.2 Å². The number of esters is 1. The maximum absolute atomic E-state index is 12.8. The normalized spacial score (nSPS) is 12.6. The maximum Gasteiger partial charge on any atom is 0.349 e. The maximum atomic E-state index is 12.8. The van der Waals surface area contributed by atoms with Crippen LogP contribution in [0.25, 0.3) is 0 Å². The fourth-order valence-electron chi connectivity index (χ4n) is 3.82. The Morgan fingerprint density at radius 1 is 1.12 bits per heavy atom. The molecule has 2 heterocycles. The van der Waals surface area contributed by atoms with Gasteiger partial charge in [0.2, 0.25) is 5.91 Å². The van der Waals surface area contributed by atoms with Crippen LogP contribution >= 0.6 is 11.8 Å². The number of benzene rings is 1. The van der Waals surface area contributed by atoms with Crippen LogP contribution in [0.1, 0.15) is 40.2 Å². The van der Waals surface area contributed by atoms with Crippen LogP contribution in [-0.4, -0.2) is 39.3 Å². The van der Waals surface area contributed by atoms with Gasteiger partial charge in [0.05, 0.1) is 30.7 Å². The van der Waals surface area contributed by atoms with Gasteiger partial charge >= 0.3 is 11.7 Å². The van der Waals surface area contributed by atoms with Crippen LogP contribution in [0.2, 0.25) is 0 Å². The van der Waals surface area contributed by atoms with E-state index in [1.165, 1.54) is 18.9 Å². The molecule has 1 amide bonds. The Morgan fingerprint density at radius 2 is 1.91 bits per heavy atom. The minimum Gasteiger partial charge on any atom is -0.465 e. The average molecular weight is 465 g/mol. The van der Waals surface area contributed by atoms with Gasteiger partial charge in [0.25, 0.3) is 0 Å². The summed E-state index contributed by atoms with van der Waals surface area (Å²) >= 11 is 1.28. The number of anilines is 1. The van der Waals surface area contributed by atoms with E-state index in [9.17, 15) is 14.4 Å². The van der Waals surface area contributed by atoms with Gasteiger partial charge in [-0.1, -0.05) is 17.8 Å². The number of hydrogen-bond donors (Lipinski definition) is 1. The number of carbonyl (C=O) groups excluding carboxylic acids is 2. The van der Waals surface area contributed by atoms with Gasteiger partial charge in [-0.15, -0.1) is 0 Å². The molecule has 0 radical (unpaired) electrons. The number of fused-ring (bicyclic) bond motifs is 1. The molecule has 0 aliphatic heterocycles. The molecule has 9 heteroatoms. The highest BCUT2D eigenvalue weighted by atomic mass is 32.2. The summed E-state index contributed by atoms with van der Waals surface area (Å²) in [4.78, 5) is 45.5. The molecule has 170 valence electrons. The number of nitrogens with one attached hydrogen (secondary N) is 1. The van der Waals surface area contributed by atoms with Crippen LogP contribution in [-0.2, 0) is 28.9 Å². The zero-order chi connectivity index (χ0) is 23.2. The van der Waals surface area contributed by atoms with Crippen molar-refractivity contribution < 1.29 is 14.3 Å². The molecule has 4 rings (SSSR count). The summed E-state index contributed by atoms with van der Waals surface area (Å²) in [5.41, 5.74) is 3.53. The number of pyridine rings is 1. The Morgan fingerprint density at radius 3 is 2.64 bits per heavy atom. The molecule has 3 aromatic rings. The third-order valence-corrected chi connectivity index (χ3v) is 6.44. The van der Waals surface area contributed by atoms with Gasteiger partial charge in [0.15, 0.2) is 0 Å². The smallest absolute Gasteiger partial charge is 0.349 e. The molecule has 0 saturated carbocycles. The number of carbonyl (C=O) groups is 2. The first-order valence-corrected chi connectivity index (χ1v) is 11.7. The van der Waals surface area contributed by atoms with Crippen molar-refractivity contribution >= 4 is 29.3 Å². The van der Waals surface area contributed by atoms with E-state index in [0.717, 1.165) is 42.6 Å². The Balaban J connectivity index is 1.47. The van der Waals surface area contributed by atoms with E-state index < -0.39 is 5.97 Å². The van der Waals surface area contributed by atoms with Crippen LogP contribution in [0.4, 0.5) is 5.69 Å². The lowest BCUT2D eigenvalue weighted by Crippen LogP contribution is -2.31. The summed E-state index contributed by atoms with van der Waals surface area (Å²) in [6, 6.07) is 12.1. The van der Waals surface area contributed by atoms with E-state index in [4.69, 9.17) is 0 Å². The molecule has 1 aromatic carbocycles. The second-order valence-corrected chi connectivity index (χ2v) is 8.61. The first-order chi connectivity index (χ1) is 16.0. The van der Waals surface area contributed by atoms with Gasteiger partial charge in [0, 0.05) is 23.1 Å². The van der Waals surface area contributed by atoms with Crippen molar-refractivity contribution in [3.63, 3.8) is 0 Å². The monoisotopic (exact) mass is 464 g/mol. The van der Waals surface area contributed by atoms with Crippen molar-refractivity contribution in [1.82, 2.24) is 14.5 Å². The van der Waals surface area contributed by atoms with E-state index in [1.54, 1.807) is 35.0 Å². The largest absolute Gasteiger partial charge is 0.465 e. The van der Waals surface area contributed by atoms with Crippen molar-refractivity contribution in [3.8, 4) is 0 Å². The number of aromatic nitrogens is 3. The van der Waals surface area contributed by atoms with Crippen molar-refractivity contribution in [2.45, 2.75) is 37.3 Å². The van der Waals surface area contributed by atoms with Gasteiger partial charge in [-0.25, -0.2) is 9.59 Å². The Kier molecular flexibility index (Phi) is 7.19. The number of nitrogens with zero attached hydrogens (tertiary/aromatic N) is 3. The minimum atomic E-state index is -0.433. The van der Waals surface area contributed by atoms with Gasteiger partial charge in [-0.2, -0.15) is 4.98 Å². The van der Waals surface area contributed by atoms with Gasteiger partial charge < -0.3 is 10.1 Å². The number of amides is 1. The molecular weight excluding hydrogens is 440 g/mol. The predicted molar refractivity (Wildman–Crippen MR) is 126 cm³/mol. The van der Waals surface area contributed by atoms with Crippen molar-refractivity contribution in [1.29, 1.82) is 0 Å². The third kappa shape index (κ3) is 5.48. The minimum absolute atomic E-state index is 0.127. The topological polar surface area (TPSA) is 103 Å². The first-order valence-electron chi connectivity index (χ1n) is 10.7. The first kappa shape index (κ1) is 22.7.